The lowest BCUT2D eigenvalue weighted by Gasteiger charge is -2.16. The van der Waals surface area contributed by atoms with E-state index in [0.29, 0.717) is 60.3 Å². The van der Waals surface area contributed by atoms with Gasteiger partial charge >= 0.3 is 5.69 Å². The molecule has 4 aromatic rings. The van der Waals surface area contributed by atoms with Gasteiger partial charge in [0.25, 0.3) is 10.0 Å². The fourth-order valence-electron chi connectivity index (χ4n) is 4.17. The van der Waals surface area contributed by atoms with Crippen LogP contribution in [0.1, 0.15) is 19.8 Å². The van der Waals surface area contributed by atoms with Gasteiger partial charge in [-0.2, -0.15) is 0 Å². The normalized spacial score (nSPS) is 11.4. The number of hydrogen-bond donors (Lipinski definition) is 1. The van der Waals surface area contributed by atoms with Gasteiger partial charge < -0.3 is 23.7 Å². The average molecular weight is 586 g/mol. The van der Waals surface area contributed by atoms with Crippen LogP contribution in [0.15, 0.2) is 64.3 Å². The van der Waals surface area contributed by atoms with E-state index in [4.69, 9.17) is 23.7 Å². The number of benzene rings is 3. The molecule has 0 saturated carbocycles. The lowest BCUT2D eigenvalue weighted by atomic mass is 10.2. The summed E-state index contributed by atoms with van der Waals surface area (Å²) >= 11 is 0. The Morgan fingerprint density at radius 1 is 0.805 bits per heavy atom. The molecule has 0 aliphatic rings. The third kappa shape index (κ3) is 6.95. The fourth-order valence-corrected chi connectivity index (χ4v) is 5.27. The van der Waals surface area contributed by atoms with Crippen LogP contribution in [0.2, 0.25) is 0 Å². The molecule has 3 aromatic carbocycles. The van der Waals surface area contributed by atoms with Crippen LogP contribution in [0.4, 0.5) is 5.69 Å². The number of anilines is 1. The van der Waals surface area contributed by atoms with Crippen LogP contribution in [0, 0.1) is 0 Å². The van der Waals surface area contributed by atoms with E-state index in [-0.39, 0.29) is 22.0 Å². The van der Waals surface area contributed by atoms with Crippen LogP contribution in [0.25, 0.3) is 11.0 Å². The molecule has 0 spiro atoms. The number of ether oxygens (including phenoxy) is 5. The molecule has 0 amide bonds. The number of imidazole rings is 1. The number of aromatic nitrogens is 2. The van der Waals surface area contributed by atoms with Crippen molar-refractivity contribution in [2.75, 3.05) is 38.8 Å². The minimum Gasteiger partial charge on any atom is -0.497 e. The van der Waals surface area contributed by atoms with E-state index in [0.717, 1.165) is 6.42 Å². The second-order valence-corrected chi connectivity index (χ2v) is 11.0. The molecular formula is C29H35N3O8S. The van der Waals surface area contributed by atoms with Gasteiger partial charge in [0.05, 0.1) is 41.9 Å². The predicted octanol–water partition coefficient (Wildman–Crippen LogP) is 4.68. The van der Waals surface area contributed by atoms with Crippen molar-refractivity contribution in [2.45, 2.75) is 24.7 Å². The topological polar surface area (TPSA) is 119 Å². The van der Waals surface area contributed by atoms with E-state index in [1.54, 1.807) is 63.7 Å². The van der Waals surface area contributed by atoms with Crippen molar-refractivity contribution in [1.82, 2.24) is 9.13 Å². The van der Waals surface area contributed by atoms with E-state index in [9.17, 15) is 13.2 Å². The zero-order valence-corrected chi connectivity index (χ0v) is 24.6. The summed E-state index contributed by atoms with van der Waals surface area (Å²) < 4.78 is 60.7. The van der Waals surface area contributed by atoms with Crippen LogP contribution in [-0.4, -0.2) is 51.6 Å². The molecule has 11 nitrogen and oxygen atoms in total. The second-order valence-electron chi connectivity index (χ2n) is 9.31. The summed E-state index contributed by atoms with van der Waals surface area (Å²) in [5.74, 6) is 2.01. The number of fused-ring (bicyclic) bond motifs is 1. The molecule has 0 aliphatic carbocycles. The van der Waals surface area contributed by atoms with Crippen molar-refractivity contribution >= 4 is 26.7 Å². The summed E-state index contributed by atoms with van der Waals surface area (Å²) in [6.45, 7) is 3.48. The highest BCUT2D eigenvalue weighted by molar-refractivity contribution is 7.92. The largest absolute Gasteiger partial charge is 0.497 e. The Kier molecular flexibility index (Phi) is 9.46. The smallest absolute Gasteiger partial charge is 0.328 e. The van der Waals surface area contributed by atoms with Gasteiger partial charge in [0, 0.05) is 64.6 Å². The van der Waals surface area contributed by atoms with Gasteiger partial charge in [-0.15, -0.1) is 0 Å². The van der Waals surface area contributed by atoms with Crippen LogP contribution >= 0.6 is 0 Å². The molecule has 0 unspecified atom stereocenters. The molecular weight excluding hydrogens is 550 g/mol. The quantitative estimate of drug-likeness (QED) is 0.212. The number of methoxy groups -OCH3 is 2. The Bertz CT molecular complexity index is 1680. The van der Waals surface area contributed by atoms with Crippen molar-refractivity contribution in [3.63, 3.8) is 0 Å². The SMILES string of the molecule is CCCOc1cc(OCCCOC)cc(Oc2cc3c(cc2NS(=O)(=O)c2cccc(OC)c2)n(C)c(=O)n3C)c1. The molecule has 0 saturated heterocycles. The van der Waals surface area contributed by atoms with Crippen LogP contribution < -0.4 is 29.4 Å². The summed E-state index contributed by atoms with van der Waals surface area (Å²) in [6.07, 6.45) is 1.51. The summed E-state index contributed by atoms with van der Waals surface area (Å²) in [6, 6.07) is 14.5. The number of hydrogen-bond acceptors (Lipinski definition) is 8. The third-order valence-electron chi connectivity index (χ3n) is 6.28. The van der Waals surface area contributed by atoms with E-state index in [1.807, 2.05) is 6.92 Å². The summed E-state index contributed by atoms with van der Waals surface area (Å²) in [5, 5.41) is 0. The summed E-state index contributed by atoms with van der Waals surface area (Å²) in [5.41, 5.74) is 0.964. The Labute approximate surface area is 239 Å². The van der Waals surface area contributed by atoms with E-state index < -0.39 is 10.0 Å². The highest BCUT2D eigenvalue weighted by Gasteiger charge is 2.21. The average Bonchev–Trinajstić information content (AvgIpc) is 3.17. The monoisotopic (exact) mass is 585 g/mol. The zero-order valence-electron chi connectivity index (χ0n) is 23.8. The Morgan fingerprint density at radius 3 is 2.12 bits per heavy atom. The molecule has 1 heterocycles. The Balaban J connectivity index is 1.78. The number of nitrogens with one attached hydrogen (secondary N) is 1. The Hall–Kier alpha value is -4.16. The van der Waals surface area contributed by atoms with Crippen molar-refractivity contribution in [2.24, 2.45) is 14.1 Å². The molecule has 41 heavy (non-hydrogen) atoms. The van der Waals surface area contributed by atoms with Crippen molar-refractivity contribution < 1.29 is 32.1 Å². The first kappa shape index (κ1) is 29.8. The van der Waals surface area contributed by atoms with Crippen molar-refractivity contribution in [1.29, 1.82) is 0 Å². The van der Waals surface area contributed by atoms with Gasteiger partial charge in [0.1, 0.15) is 23.0 Å². The molecule has 12 heteroatoms. The number of nitrogens with zero attached hydrogens (tertiary/aromatic N) is 2. The molecule has 0 atom stereocenters. The van der Waals surface area contributed by atoms with E-state index in [1.165, 1.54) is 28.4 Å². The van der Waals surface area contributed by atoms with Gasteiger partial charge in [-0.25, -0.2) is 13.2 Å². The van der Waals surface area contributed by atoms with Gasteiger partial charge in [-0.05, 0) is 24.6 Å². The standard InChI is InChI=1S/C29H35N3O8S/c1-6-11-38-21-14-22(39-13-8-12-36-4)16-23(15-21)40-28-19-27-26(31(2)29(33)32(27)3)18-25(28)30-41(34,35)24-10-7-9-20(17-24)37-5/h7,9-10,14-19,30H,6,8,11-13H2,1-5H3. The first-order valence-electron chi connectivity index (χ1n) is 13.1. The molecule has 220 valence electrons. The van der Waals surface area contributed by atoms with E-state index >= 15 is 0 Å². The van der Waals surface area contributed by atoms with Crippen LogP contribution in [-0.2, 0) is 28.9 Å². The van der Waals surface area contributed by atoms with Gasteiger partial charge in [-0.3, -0.25) is 13.9 Å². The number of rotatable bonds is 14. The number of sulfonamides is 1. The molecule has 0 radical (unpaired) electrons. The van der Waals surface area contributed by atoms with Gasteiger partial charge in [0.2, 0.25) is 0 Å². The maximum Gasteiger partial charge on any atom is 0.328 e. The summed E-state index contributed by atoms with van der Waals surface area (Å²) in [4.78, 5) is 12.7. The van der Waals surface area contributed by atoms with Crippen LogP contribution in [0.3, 0.4) is 0 Å². The molecule has 0 bridgehead atoms. The first-order valence-corrected chi connectivity index (χ1v) is 14.6. The molecule has 1 N–H and O–H groups in total. The molecule has 0 fully saturated rings. The molecule has 4 rings (SSSR count). The minimum atomic E-state index is -4.06. The van der Waals surface area contributed by atoms with Crippen molar-refractivity contribution in [3.05, 3.63) is 65.1 Å². The lowest BCUT2D eigenvalue weighted by molar-refractivity contribution is 0.172. The predicted molar refractivity (Wildman–Crippen MR) is 156 cm³/mol. The molecule has 1 aromatic heterocycles. The lowest BCUT2D eigenvalue weighted by Crippen LogP contribution is -2.19. The second kappa shape index (κ2) is 13.0. The molecule has 0 aliphatic heterocycles. The third-order valence-corrected chi connectivity index (χ3v) is 7.65. The summed E-state index contributed by atoms with van der Waals surface area (Å²) in [7, 11) is 2.29. The maximum atomic E-state index is 13.4. The van der Waals surface area contributed by atoms with Crippen molar-refractivity contribution in [3.8, 4) is 28.7 Å². The van der Waals surface area contributed by atoms with Gasteiger partial charge in [-0.1, -0.05) is 13.0 Å². The zero-order chi connectivity index (χ0) is 29.6. The maximum absolute atomic E-state index is 13.4. The fraction of sp³-hybridized carbons (Fsp3) is 0.345. The highest BCUT2D eigenvalue weighted by Crippen LogP contribution is 2.38. The van der Waals surface area contributed by atoms with Crippen LogP contribution in [0.5, 0.6) is 28.7 Å². The van der Waals surface area contributed by atoms with E-state index in [2.05, 4.69) is 4.72 Å². The Morgan fingerprint density at radius 2 is 1.46 bits per heavy atom. The highest BCUT2D eigenvalue weighted by atomic mass is 32.2. The van der Waals surface area contributed by atoms with Gasteiger partial charge in [0.15, 0.2) is 5.75 Å². The number of aryl methyl sites for hydroxylation is 2. The minimum absolute atomic E-state index is 0.00607. The first-order chi connectivity index (χ1) is 19.7.